The van der Waals surface area contributed by atoms with Crippen molar-refractivity contribution in [3.05, 3.63) is 0 Å². The lowest BCUT2D eigenvalue weighted by Crippen LogP contribution is -2.26. The van der Waals surface area contributed by atoms with Crippen molar-refractivity contribution in [3.8, 4) is 0 Å². The third-order valence-corrected chi connectivity index (χ3v) is 1.22. The molecule has 0 unspecified atom stereocenters. The van der Waals surface area contributed by atoms with Crippen LogP contribution in [0.2, 0.25) is 0 Å². The summed E-state index contributed by atoms with van der Waals surface area (Å²) in [7, 11) is 1.64. The van der Waals surface area contributed by atoms with Gasteiger partial charge in [-0.25, -0.2) is 0 Å². The minimum absolute atomic E-state index is 0. The van der Waals surface area contributed by atoms with E-state index in [4.69, 9.17) is 10.5 Å². The molecule has 0 saturated carbocycles. The zero-order valence-electron chi connectivity index (χ0n) is 7.34. The minimum atomic E-state index is 0. The molecule has 0 aliphatic rings. The third kappa shape index (κ3) is 9.68. The topological polar surface area (TPSA) is 64.3 Å². The molecule has 0 fully saturated rings. The molecule has 0 aliphatic carbocycles. The highest BCUT2D eigenvalue weighted by molar-refractivity contribution is 5.85. The lowest BCUT2D eigenvalue weighted by Gasteiger charge is -2.02. The van der Waals surface area contributed by atoms with Crippen LogP contribution >= 0.6 is 12.4 Å². The molecular weight excluding hydrogens is 180 g/mol. The molecule has 3 N–H and O–H groups in total. The number of nitrogens with one attached hydrogen (secondary N) is 1. The average Bonchev–Trinajstić information content (AvgIpc) is 1.99. The summed E-state index contributed by atoms with van der Waals surface area (Å²) in [6, 6.07) is 0. The summed E-state index contributed by atoms with van der Waals surface area (Å²) in [6.07, 6.45) is 1.26. The molecule has 0 heterocycles. The molecule has 0 spiro atoms. The van der Waals surface area contributed by atoms with Crippen molar-refractivity contribution in [2.45, 2.75) is 12.8 Å². The van der Waals surface area contributed by atoms with Crippen molar-refractivity contribution < 1.29 is 9.53 Å². The highest BCUT2D eigenvalue weighted by atomic mass is 35.5. The number of nitrogens with two attached hydrogens (primary N) is 1. The number of rotatable bonds is 6. The zero-order valence-corrected chi connectivity index (χ0v) is 8.15. The van der Waals surface area contributed by atoms with Gasteiger partial charge < -0.3 is 15.8 Å². The van der Waals surface area contributed by atoms with E-state index in [1.807, 2.05) is 0 Å². The summed E-state index contributed by atoms with van der Waals surface area (Å²) in [5.41, 5.74) is 5.17. The fourth-order valence-corrected chi connectivity index (χ4v) is 0.664. The van der Waals surface area contributed by atoms with Gasteiger partial charge in [0.25, 0.3) is 0 Å². The summed E-state index contributed by atoms with van der Waals surface area (Å²) in [5.74, 6) is 0.0172. The normalized spacial score (nSPS) is 8.83. The lowest BCUT2D eigenvalue weighted by atomic mass is 10.4. The number of carbonyl (C=O) groups excluding carboxylic acids is 1. The first-order valence-corrected chi connectivity index (χ1v) is 3.77. The van der Waals surface area contributed by atoms with Crippen LogP contribution < -0.4 is 11.1 Å². The minimum Gasteiger partial charge on any atom is -0.385 e. The molecule has 0 bridgehead atoms. The second-order valence-electron chi connectivity index (χ2n) is 2.23. The molecule has 5 heteroatoms. The molecule has 0 atom stereocenters. The standard InChI is InChI=1S/C7H16N2O2.ClH/c1-11-6-2-5-9-7(10)3-4-8;/h2-6,8H2,1H3,(H,9,10);1H. The molecular formula is C7H17ClN2O2. The Bertz CT molecular complexity index is 112. The Labute approximate surface area is 79.2 Å². The predicted octanol–water partition coefficient (Wildman–Crippen LogP) is -0.0903. The van der Waals surface area contributed by atoms with Gasteiger partial charge in [-0.15, -0.1) is 12.4 Å². The molecule has 1 amide bonds. The monoisotopic (exact) mass is 196 g/mol. The van der Waals surface area contributed by atoms with Gasteiger partial charge in [-0.05, 0) is 6.42 Å². The summed E-state index contributed by atoms with van der Waals surface area (Å²) in [4.78, 5) is 10.8. The number of amides is 1. The van der Waals surface area contributed by atoms with Crippen LogP contribution in [0.25, 0.3) is 0 Å². The van der Waals surface area contributed by atoms with E-state index in [9.17, 15) is 4.79 Å². The van der Waals surface area contributed by atoms with Gasteiger partial charge in [-0.2, -0.15) is 0 Å². The highest BCUT2D eigenvalue weighted by Gasteiger charge is 1.96. The summed E-state index contributed by atoms with van der Waals surface area (Å²) in [5, 5.41) is 2.72. The van der Waals surface area contributed by atoms with E-state index < -0.39 is 0 Å². The number of ether oxygens (including phenoxy) is 1. The van der Waals surface area contributed by atoms with E-state index in [-0.39, 0.29) is 18.3 Å². The number of carbonyl (C=O) groups is 1. The van der Waals surface area contributed by atoms with Crippen LogP contribution in [0.3, 0.4) is 0 Å². The zero-order chi connectivity index (χ0) is 8.53. The van der Waals surface area contributed by atoms with Gasteiger partial charge in [0.2, 0.25) is 5.91 Å². The molecule has 0 aromatic rings. The number of hydrogen-bond donors (Lipinski definition) is 2. The Kier molecular flexibility index (Phi) is 12.7. The SMILES string of the molecule is COCCCNC(=O)CCN.Cl. The van der Waals surface area contributed by atoms with Crippen molar-refractivity contribution in [1.82, 2.24) is 5.32 Å². The number of methoxy groups -OCH3 is 1. The number of hydrogen-bond acceptors (Lipinski definition) is 3. The van der Waals surface area contributed by atoms with Gasteiger partial charge in [0.15, 0.2) is 0 Å². The highest BCUT2D eigenvalue weighted by Crippen LogP contribution is 1.79. The first kappa shape index (κ1) is 14.2. The van der Waals surface area contributed by atoms with Gasteiger partial charge in [0.05, 0.1) is 0 Å². The molecule has 0 aromatic carbocycles. The Morgan fingerprint density at radius 3 is 2.75 bits per heavy atom. The van der Waals surface area contributed by atoms with Crippen LogP contribution in [-0.2, 0) is 9.53 Å². The maximum atomic E-state index is 10.8. The van der Waals surface area contributed by atoms with E-state index in [0.29, 0.717) is 26.1 Å². The fourth-order valence-electron chi connectivity index (χ4n) is 0.664. The van der Waals surface area contributed by atoms with Crippen LogP contribution in [0, 0.1) is 0 Å². The Hall–Kier alpha value is -0.320. The maximum absolute atomic E-state index is 10.8. The van der Waals surface area contributed by atoms with Gasteiger partial charge >= 0.3 is 0 Å². The fraction of sp³-hybridized carbons (Fsp3) is 0.857. The average molecular weight is 197 g/mol. The van der Waals surface area contributed by atoms with E-state index in [2.05, 4.69) is 5.32 Å². The summed E-state index contributed by atoms with van der Waals surface area (Å²) < 4.78 is 4.81. The molecule has 74 valence electrons. The molecule has 0 radical (unpaired) electrons. The Balaban J connectivity index is 0. The Morgan fingerprint density at radius 1 is 1.58 bits per heavy atom. The first-order valence-electron chi connectivity index (χ1n) is 3.77. The second-order valence-corrected chi connectivity index (χ2v) is 2.23. The van der Waals surface area contributed by atoms with Gasteiger partial charge in [-0.1, -0.05) is 0 Å². The molecule has 4 nitrogen and oxygen atoms in total. The van der Waals surface area contributed by atoms with E-state index in [1.54, 1.807) is 7.11 Å². The molecule has 0 saturated heterocycles. The third-order valence-electron chi connectivity index (χ3n) is 1.22. The smallest absolute Gasteiger partial charge is 0.221 e. The van der Waals surface area contributed by atoms with Crippen LogP contribution in [0.4, 0.5) is 0 Å². The maximum Gasteiger partial charge on any atom is 0.221 e. The Morgan fingerprint density at radius 2 is 2.25 bits per heavy atom. The van der Waals surface area contributed by atoms with E-state index >= 15 is 0 Å². The molecule has 0 aromatic heterocycles. The van der Waals surface area contributed by atoms with Crippen LogP contribution in [0.1, 0.15) is 12.8 Å². The lowest BCUT2D eigenvalue weighted by molar-refractivity contribution is -0.120. The second kappa shape index (κ2) is 10.7. The van der Waals surface area contributed by atoms with Crippen LogP contribution in [-0.4, -0.2) is 32.7 Å². The molecule has 12 heavy (non-hydrogen) atoms. The predicted molar refractivity (Wildman–Crippen MR) is 50.4 cm³/mol. The van der Waals surface area contributed by atoms with Gasteiger partial charge in [0.1, 0.15) is 0 Å². The van der Waals surface area contributed by atoms with Crippen molar-refractivity contribution in [1.29, 1.82) is 0 Å². The first-order chi connectivity index (χ1) is 5.31. The van der Waals surface area contributed by atoms with Crippen molar-refractivity contribution in [3.63, 3.8) is 0 Å². The van der Waals surface area contributed by atoms with Gasteiger partial charge in [0, 0.05) is 33.2 Å². The van der Waals surface area contributed by atoms with Crippen LogP contribution in [0.15, 0.2) is 0 Å². The van der Waals surface area contributed by atoms with Crippen LogP contribution in [0.5, 0.6) is 0 Å². The van der Waals surface area contributed by atoms with Gasteiger partial charge in [-0.3, -0.25) is 4.79 Å². The van der Waals surface area contributed by atoms with Crippen molar-refractivity contribution >= 4 is 18.3 Å². The van der Waals surface area contributed by atoms with Crippen molar-refractivity contribution in [2.75, 3.05) is 26.8 Å². The molecule has 0 rings (SSSR count). The van der Waals surface area contributed by atoms with E-state index in [0.717, 1.165) is 6.42 Å². The number of halogens is 1. The quantitative estimate of drug-likeness (QED) is 0.584. The summed E-state index contributed by atoms with van der Waals surface area (Å²) >= 11 is 0. The van der Waals surface area contributed by atoms with Crippen molar-refractivity contribution in [2.24, 2.45) is 5.73 Å². The van der Waals surface area contributed by atoms with E-state index in [1.165, 1.54) is 0 Å². The molecule has 0 aliphatic heterocycles. The summed E-state index contributed by atoms with van der Waals surface area (Å²) in [6.45, 7) is 1.77. The largest absolute Gasteiger partial charge is 0.385 e.